The maximum absolute atomic E-state index is 13.4. The fourth-order valence-electron chi connectivity index (χ4n) is 1.79. The van der Waals surface area contributed by atoms with Crippen LogP contribution in [-0.4, -0.2) is 19.5 Å². The Labute approximate surface area is 118 Å². The molecule has 0 heterocycles. The van der Waals surface area contributed by atoms with E-state index in [1.165, 1.54) is 6.07 Å². The van der Waals surface area contributed by atoms with Crippen LogP contribution in [0.2, 0.25) is 0 Å². The van der Waals surface area contributed by atoms with Crippen LogP contribution in [0.1, 0.15) is 5.56 Å². The number of hydrogen-bond acceptors (Lipinski definition) is 2. The highest BCUT2D eigenvalue weighted by atomic mass is 19.1. The zero-order valence-electron chi connectivity index (χ0n) is 11.6. The number of benzene rings is 2. The number of nitrogens with one attached hydrogen (secondary N) is 1. The lowest BCUT2D eigenvalue weighted by Gasteiger charge is -2.18. The molecule has 0 spiro atoms. The van der Waals surface area contributed by atoms with Gasteiger partial charge in [0.25, 0.3) is 0 Å². The van der Waals surface area contributed by atoms with Gasteiger partial charge in [-0.15, -0.1) is 0 Å². The van der Waals surface area contributed by atoms with E-state index < -0.39 is 0 Å². The van der Waals surface area contributed by atoms with E-state index in [4.69, 9.17) is 0 Å². The van der Waals surface area contributed by atoms with Gasteiger partial charge in [0.15, 0.2) is 0 Å². The third-order valence-corrected chi connectivity index (χ3v) is 3.13. The Morgan fingerprint density at radius 3 is 2.55 bits per heavy atom. The molecule has 1 N–H and O–H groups in total. The molecule has 0 saturated heterocycles. The summed E-state index contributed by atoms with van der Waals surface area (Å²) in [6.45, 7) is 1.82. The van der Waals surface area contributed by atoms with Crippen LogP contribution in [0.15, 0.2) is 48.5 Å². The van der Waals surface area contributed by atoms with Crippen molar-refractivity contribution in [2.24, 2.45) is 0 Å². The Bertz CT molecular complexity index is 599. The fraction of sp³-hybridized carbons (Fsp3) is 0.188. The van der Waals surface area contributed by atoms with Crippen molar-refractivity contribution < 1.29 is 9.18 Å². The molecule has 0 aliphatic carbocycles. The molecule has 2 aromatic carbocycles. The number of halogens is 1. The highest BCUT2D eigenvalue weighted by Crippen LogP contribution is 2.14. The van der Waals surface area contributed by atoms with E-state index in [9.17, 15) is 9.18 Å². The van der Waals surface area contributed by atoms with E-state index in [2.05, 4.69) is 5.32 Å². The largest absolute Gasteiger partial charge is 0.376 e. The van der Waals surface area contributed by atoms with E-state index >= 15 is 0 Å². The predicted molar refractivity (Wildman–Crippen MR) is 79.5 cm³/mol. The smallest absolute Gasteiger partial charge is 0.246 e. The Balaban J connectivity index is 1.96. The Hall–Kier alpha value is -2.36. The van der Waals surface area contributed by atoms with Gasteiger partial charge in [-0.05, 0) is 36.8 Å². The molecule has 0 aliphatic rings. The van der Waals surface area contributed by atoms with Crippen LogP contribution in [0, 0.1) is 12.7 Å². The lowest BCUT2D eigenvalue weighted by Crippen LogP contribution is -2.32. The highest BCUT2D eigenvalue weighted by Gasteiger charge is 2.10. The van der Waals surface area contributed by atoms with E-state index in [0.29, 0.717) is 11.3 Å². The number of nitrogens with zero attached hydrogens (tertiary/aromatic N) is 1. The number of carbonyl (C=O) groups is 1. The Morgan fingerprint density at radius 1 is 1.20 bits per heavy atom. The first-order valence-electron chi connectivity index (χ1n) is 6.39. The second-order valence-electron chi connectivity index (χ2n) is 4.61. The summed E-state index contributed by atoms with van der Waals surface area (Å²) in [5.41, 5.74) is 2.01. The third kappa shape index (κ3) is 3.35. The van der Waals surface area contributed by atoms with Crippen LogP contribution in [0.4, 0.5) is 15.8 Å². The van der Waals surface area contributed by atoms with Crippen molar-refractivity contribution >= 4 is 17.3 Å². The van der Waals surface area contributed by atoms with E-state index in [1.54, 1.807) is 31.0 Å². The highest BCUT2D eigenvalue weighted by molar-refractivity contribution is 5.95. The summed E-state index contributed by atoms with van der Waals surface area (Å²) >= 11 is 0. The van der Waals surface area contributed by atoms with Gasteiger partial charge in [0.05, 0.1) is 6.54 Å². The molecule has 0 unspecified atom stereocenters. The Kier molecular flexibility index (Phi) is 4.35. The van der Waals surface area contributed by atoms with Gasteiger partial charge in [-0.3, -0.25) is 4.79 Å². The van der Waals surface area contributed by atoms with Gasteiger partial charge in [-0.1, -0.05) is 24.3 Å². The van der Waals surface area contributed by atoms with Gasteiger partial charge in [0.1, 0.15) is 5.82 Å². The molecule has 0 aliphatic heterocycles. The minimum atomic E-state index is -0.279. The molecule has 1 amide bonds. The quantitative estimate of drug-likeness (QED) is 0.927. The number of carbonyl (C=O) groups excluding carboxylic acids is 1. The molecular weight excluding hydrogens is 255 g/mol. The van der Waals surface area contributed by atoms with E-state index in [0.717, 1.165) is 5.69 Å². The van der Waals surface area contributed by atoms with Crippen LogP contribution < -0.4 is 10.2 Å². The minimum absolute atomic E-state index is 0.0859. The zero-order chi connectivity index (χ0) is 14.5. The number of rotatable bonds is 4. The van der Waals surface area contributed by atoms with Crippen LogP contribution in [0.5, 0.6) is 0 Å². The van der Waals surface area contributed by atoms with Crippen molar-refractivity contribution in [3.05, 3.63) is 59.9 Å². The first-order chi connectivity index (χ1) is 9.58. The summed E-state index contributed by atoms with van der Waals surface area (Å²) in [5, 5.41) is 2.93. The molecule has 0 bridgehead atoms. The van der Waals surface area contributed by atoms with Crippen molar-refractivity contribution in [3.63, 3.8) is 0 Å². The number of amides is 1. The number of hydrogen-bond donors (Lipinski definition) is 1. The number of likely N-dealkylation sites (N-methyl/N-ethyl adjacent to an activating group) is 1. The SMILES string of the molecule is Cc1ccc(NCC(=O)N(C)c2ccccc2)cc1F. The van der Waals surface area contributed by atoms with Crippen molar-refractivity contribution in [1.82, 2.24) is 0 Å². The van der Waals surface area contributed by atoms with Gasteiger partial charge in [0.2, 0.25) is 5.91 Å². The molecule has 3 nitrogen and oxygen atoms in total. The lowest BCUT2D eigenvalue weighted by molar-refractivity contribution is -0.116. The lowest BCUT2D eigenvalue weighted by atomic mass is 10.2. The van der Waals surface area contributed by atoms with Crippen LogP contribution in [0.3, 0.4) is 0 Å². The van der Waals surface area contributed by atoms with E-state index in [1.807, 2.05) is 30.3 Å². The zero-order valence-corrected chi connectivity index (χ0v) is 11.6. The summed E-state index contributed by atoms with van der Waals surface area (Å²) in [4.78, 5) is 13.6. The van der Waals surface area contributed by atoms with Gasteiger partial charge in [-0.2, -0.15) is 0 Å². The second kappa shape index (κ2) is 6.19. The van der Waals surface area contributed by atoms with Gasteiger partial charge < -0.3 is 10.2 Å². The Morgan fingerprint density at radius 2 is 1.90 bits per heavy atom. The van der Waals surface area contributed by atoms with Crippen LogP contribution in [-0.2, 0) is 4.79 Å². The van der Waals surface area contributed by atoms with Crippen LogP contribution in [0.25, 0.3) is 0 Å². The van der Waals surface area contributed by atoms with Crippen molar-refractivity contribution in [3.8, 4) is 0 Å². The molecule has 4 heteroatoms. The second-order valence-corrected chi connectivity index (χ2v) is 4.61. The molecule has 0 fully saturated rings. The van der Waals surface area contributed by atoms with E-state index in [-0.39, 0.29) is 18.3 Å². The number of anilines is 2. The molecule has 0 saturated carbocycles. The topological polar surface area (TPSA) is 32.3 Å². The maximum atomic E-state index is 13.4. The number of aryl methyl sites for hydroxylation is 1. The molecule has 0 atom stereocenters. The molecule has 20 heavy (non-hydrogen) atoms. The molecular formula is C16H17FN2O. The fourth-order valence-corrected chi connectivity index (χ4v) is 1.79. The third-order valence-electron chi connectivity index (χ3n) is 3.13. The van der Waals surface area contributed by atoms with Crippen molar-refractivity contribution in [2.45, 2.75) is 6.92 Å². The molecule has 2 aromatic rings. The van der Waals surface area contributed by atoms with Crippen LogP contribution >= 0.6 is 0 Å². The van der Waals surface area contributed by atoms with Gasteiger partial charge in [-0.25, -0.2) is 4.39 Å². The molecule has 0 aromatic heterocycles. The standard InChI is InChI=1S/C16H17FN2O/c1-12-8-9-13(10-15(12)17)18-11-16(20)19(2)14-6-4-3-5-7-14/h3-10,18H,11H2,1-2H3. The van der Waals surface area contributed by atoms with Crippen molar-refractivity contribution in [2.75, 3.05) is 23.8 Å². The first kappa shape index (κ1) is 14.1. The predicted octanol–water partition coefficient (Wildman–Crippen LogP) is 3.21. The molecule has 0 radical (unpaired) electrons. The van der Waals surface area contributed by atoms with Gasteiger partial charge >= 0.3 is 0 Å². The summed E-state index contributed by atoms with van der Waals surface area (Å²) in [6.07, 6.45) is 0. The van der Waals surface area contributed by atoms with Crippen molar-refractivity contribution in [1.29, 1.82) is 0 Å². The average molecular weight is 272 g/mol. The number of para-hydroxylation sites is 1. The summed E-state index contributed by atoms with van der Waals surface area (Å²) in [6, 6.07) is 14.2. The summed E-state index contributed by atoms with van der Waals surface area (Å²) in [5.74, 6) is -0.365. The summed E-state index contributed by atoms with van der Waals surface area (Å²) in [7, 11) is 1.72. The van der Waals surface area contributed by atoms with Gasteiger partial charge in [0, 0.05) is 18.4 Å². The normalized spacial score (nSPS) is 10.2. The minimum Gasteiger partial charge on any atom is -0.376 e. The average Bonchev–Trinajstić information content (AvgIpc) is 2.48. The first-order valence-corrected chi connectivity index (χ1v) is 6.39. The summed E-state index contributed by atoms with van der Waals surface area (Å²) < 4.78 is 13.4. The molecule has 2 rings (SSSR count). The monoisotopic (exact) mass is 272 g/mol. The maximum Gasteiger partial charge on any atom is 0.246 e. The molecule has 104 valence electrons.